The van der Waals surface area contributed by atoms with Gasteiger partial charge < -0.3 is 10.4 Å². The minimum Gasteiger partial charge on any atom is -0.392 e. The van der Waals surface area contributed by atoms with Crippen LogP contribution in [0.25, 0.3) is 0 Å². The van der Waals surface area contributed by atoms with Crippen molar-refractivity contribution in [3.8, 4) is 0 Å². The summed E-state index contributed by atoms with van der Waals surface area (Å²) < 4.78 is 12.8. The Morgan fingerprint density at radius 1 is 1.17 bits per heavy atom. The highest BCUT2D eigenvalue weighted by Crippen LogP contribution is 2.20. The van der Waals surface area contributed by atoms with Crippen LogP contribution in [0.1, 0.15) is 24.1 Å². The molecule has 0 aliphatic heterocycles. The lowest BCUT2D eigenvalue weighted by atomic mass is 10.1. The average Bonchev–Trinajstić information content (AvgIpc) is 2.39. The molecule has 2 N–H and O–H groups in total. The van der Waals surface area contributed by atoms with Crippen LogP contribution >= 0.6 is 0 Å². The van der Waals surface area contributed by atoms with Crippen molar-refractivity contribution in [3.63, 3.8) is 0 Å². The molecule has 0 radical (unpaired) electrons. The fourth-order valence-electron chi connectivity index (χ4n) is 1.84. The van der Waals surface area contributed by atoms with E-state index in [-0.39, 0.29) is 18.5 Å². The van der Waals surface area contributed by atoms with Crippen LogP contribution in [0.3, 0.4) is 0 Å². The van der Waals surface area contributed by atoms with Crippen LogP contribution in [-0.2, 0) is 6.61 Å². The molecule has 0 amide bonds. The molecule has 2 aromatic carbocycles. The highest BCUT2D eigenvalue weighted by atomic mass is 19.1. The Morgan fingerprint density at radius 3 is 2.56 bits per heavy atom. The number of aliphatic hydroxyl groups is 1. The van der Waals surface area contributed by atoms with Crippen molar-refractivity contribution in [2.45, 2.75) is 19.6 Å². The molecule has 0 spiro atoms. The molecule has 3 heteroatoms. The SMILES string of the molecule is CC(Nc1cccc(CO)c1)c1ccc(F)cc1. The maximum atomic E-state index is 12.8. The van der Waals surface area contributed by atoms with E-state index in [1.54, 1.807) is 12.1 Å². The largest absolute Gasteiger partial charge is 0.392 e. The van der Waals surface area contributed by atoms with E-state index in [0.717, 1.165) is 16.8 Å². The highest BCUT2D eigenvalue weighted by molar-refractivity contribution is 5.47. The van der Waals surface area contributed by atoms with Crippen molar-refractivity contribution in [1.82, 2.24) is 0 Å². The first-order chi connectivity index (χ1) is 8.69. The van der Waals surface area contributed by atoms with Crippen LogP contribution in [0.2, 0.25) is 0 Å². The van der Waals surface area contributed by atoms with Gasteiger partial charge in [0.1, 0.15) is 5.82 Å². The Kier molecular flexibility index (Phi) is 3.95. The average molecular weight is 245 g/mol. The summed E-state index contributed by atoms with van der Waals surface area (Å²) in [5.74, 6) is -0.228. The zero-order valence-corrected chi connectivity index (χ0v) is 10.2. The van der Waals surface area contributed by atoms with Crippen LogP contribution in [0, 0.1) is 5.82 Å². The van der Waals surface area contributed by atoms with Gasteiger partial charge in [-0.1, -0.05) is 24.3 Å². The van der Waals surface area contributed by atoms with Gasteiger partial charge in [0.25, 0.3) is 0 Å². The third-order valence-electron chi connectivity index (χ3n) is 2.86. The number of anilines is 1. The molecule has 0 bridgehead atoms. The molecule has 1 atom stereocenters. The smallest absolute Gasteiger partial charge is 0.123 e. The lowest BCUT2D eigenvalue weighted by Gasteiger charge is -2.16. The fraction of sp³-hybridized carbons (Fsp3) is 0.200. The Bertz CT molecular complexity index is 510. The van der Waals surface area contributed by atoms with Gasteiger partial charge in [-0.25, -0.2) is 4.39 Å². The van der Waals surface area contributed by atoms with Gasteiger partial charge in [-0.2, -0.15) is 0 Å². The first-order valence-corrected chi connectivity index (χ1v) is 5.91. The normalized spacial score (nSPS) is 12.2. The Balaban J connectivity index is 2.10. The first-order valence-electron chi connectivity index (χ1n) is 5.91. The van der Waals surface area contributed by atoms with E-state index in [1.165, 1.54) is 12.1 Å². The molecule has 2 aromatic rings. The van der Waals surface area contributed by atoms with E-state index < -0.39 is 0 Å². The predicted molar refractivity (Wildman–Crippen MR) is 70.8 cm³/mol. The number of halogens is 1. The summed E-state index contributed by atoms with van der Waals surface area (Å²) >= 11 is 0. The van der Waals surface area contributed by atoms with Crippen molar-refractivity contribution in [1.29, 1.82) is 0 Å². The summed E-state index contributed by atoms with van der Waals surface area (Å²) in [5.41, 5.74) is 2.83. The second kappa shape index (κ2) is 5.65. The van der Waals surface area contributed by atoms with Crippen LogP contribution in [0.5, 0.6) is 0 Å². The molecular formula is C15H16FNO. The molecule has 0 aromatic heterocycles. The zero-order chi connectivity index (χ0) is 13.0. The van der Waals surface area contributed by atoms with E-state index in [9.17, 15) is 4.39 Å². The number of hydrogen-bond acceptors (Lipinski definition) is 2. The molecule has 0 saturated carbocycles. The summed E-state index contributed by atoms with van der Waals surface area (Å²) in [4.78, 5) is 0. The summed E-state index contributed by atoms with van der Waals surface area (Å²) in [6, 6.07) is 14.1. The third kappa shape index (κ3) is 3.08. The predicted octanol–water partition coefficient (Wildman–Crippen LogP) is 3.49. The van der Waals surface area contributed by atoms with E-state index in [2.05, 4.69) is 5.32 Å². The van der Waals surface area contributed by atoms with Gasteiger partial charge in [0.2, 0.25) is 0 Å². The number of benzene rings is 2. The molecule has 0 saturated heterocycles. The Morgan fingerprint density at radius 2 is 1.89 bits per heavy atom. The lowest BCUT2D eigenvalue weighted by molar-refractivity contribution is 0.282. The van der Waals surface area contributed by atoms with Crippen molar-refractivity contribution in [2.24, 2.45) is 0 Å². The molecule has 2 rings (SSSR count). The van der Waals surface area contributed by atoms with Gasteiger partial charge in [-0.15, -0.1) is 0 Å². The maximum Gasteiger partial charge on any atom is 0.123 e. The number of nitrogens with one attached hydrogen (secondary N) is 1. The maximum absolute atomic E-state index is 12.8. The molecule has 0 aliphatic carbocycles. The minimum absolute atomic E-state index is 0.0282. The molecule has 0 fully saturated rings. The van der Waals surface area contributed by atoms with Crippen molar-refractivity contribution in [3.05, 3.63) is 65.5 Å². The van der Waals surface area contributed by atoms with Crippen LogP contribution in [-0.4, -0.2) is 5.11 Å². The quantitative estimate of drug-likeness (QED) is 0.864. The number of rotatable bonds is 4. The molecule has 0 heterocycles. The fourth-order valence-corrected chi connectivity index (χ4v) is 1.84. The highest BCUT2D eigenvalue weighted by Gasteiger charge is 2.05. The summed E-state index contributed by atoms with van der Waals surface area (Å²) in [6.45, 7) is 2.04. The molecule has 18 heavy (non-hydrogen) atoms. The number of hydrogen-bond donors (Lipinski definition) is 2. The zero-order valence-electron chi connectivity index (χ0n) is 10.2. The lowest BCUT2D eigenvalue weighted by Crippen LogP contribution is -2.06. The topological polar surface area (TPSA) is 32.3 Å². The Labute approximate surface area is 106 Å². The van der Waals surface area contributed by atoms with Crippen LogP contribution < -0.4 is 5.32 Å². The second-order valence-electron chi connectivity index (χ2n) is 4.28. The monoisotopic (exact) mass is 245 g/mol. The van der Waals surface area contributed by atoms with Crippen LogP contribution in [0.15, 0.2) is 48.5 Å². The Hall–Kier alpha value is -1.87. The van der Waals surface area contributed by atoms with Gasteiger partial charge in [-0.05, 0) is 42.3 Å². The van der Waals surface area contributed by atoms with E-state index in [1.807, 2.05) is 31.2 Å². The van der Waals surface area contributed by atoms with Gasteiger partial charge in [-0.3, -0.25) is 0 Å². The molecule has 0 aliphatic rings. The molecule has 94 valence electrons. The van der Waals surface area contributed by atoms with E-state index in [0.29, 0.717) is 0 Å². The molecule has 1 unspecified atom stereocenters. The van der Waals surface area contributed by atoms with Crippen LogP contribution in [0.4, 0.5) is 10.1 Å². The van der Waals surface area contributed by atoms with Gasteiger partial charge >= 0.3 is 0 Å². The molecular weight excluding hydrogens is 229 g/mol. The van der Waals surface area contributed by atoms with Gasteiger partial charge in [0.15, 0.2) is 0 Å². The van der Waals surface area contributed by atoms with E-state index >= 15 is 0 Å². The standard InChI is InChI=1S/C15H16FNO/c1-11(13-5-7-14(16)8-6-13)17-15-4-2-3-12(9-15)10-18/h2-9,11,17-18H,10H2,1H3. The van der Waals surface area contributed by atoms with Gasteiger partial charge in [0.05, 0.1) is 6.61 Å². The van der Waals surface area contributed by atoms with Crippen molar-refractivity contribution < 1.29 is 9.50 Å². The summed E-state index contributed by atoms with van der Waals surface area (Å²) in [7, 11) is 0. The minimum atomic E-state index is -0.228. The second-order valence-corrected chi connectivity index (χ2v) is 4.28. The number of aliphatic hydroxyl groups excluding tert-OH is 1. The molecule has 2 nitrogen and oxygen atoms in total. The summed E-state index contributed by atoms with van der Waals surface area (Å²) in [6.07, 6.45) is 0. The van der Waals surface area contributed by atoms with Gasteiger partial charge in [0, 0.05) is 11.7 Å². The van der Waals surface area contributed by atoms with E-state index in [4.69, 9.17) is 5.11 Å². The summed E-state index contributed by atoms with van der Waals surface area (Å²) in [5, 5.41) is 12.4. The van der Waals surface area contributed by atoms with Crippen molar-refractivity contribution in [2.75, 3.05) is 5.32 Å². The van der Waals surface area contributed by atoms with Crippen molar-refractivity contribution >= 4 is 5.69 Å². The first kappa shape index (κ1) is 12.6. The third-order valence-corrected chi connectivity index (χ3v) is 2.86.